The van der Waals surface area contributed by atoms with Gasteiger partial charge in [-0.25, -0.2) is 14.6 Å². The number of rotatable bonds is 24. The summed E-state index contributed by atoms with van der Waals surface area (Å²) in [5.41, 5.74) is 6.42. The molecule has 29 heteroatoms. The minimum Gasteiger partial charge on any atom is -0.507 e. The summed E-state index contributed by atoms with van der Waals surface area (Å²) in [6.45, 7) is 6.67. The molecule has 0 saturated heterocycles. The fourth-order valence-corrected chi connectivity index (χ4v) is 11.8. The second-order valence-electron chi connectivity index (χ2n) is 20.8. The summed E-state index contributed by atoms with van der Waals surface area (Å²) in [4.78, 5) is 59.8. The van der Waals surface area contributed by atoms with Crippen molar-refractivity contribution >= 4 is 114 Å². The number of phenols is 4. The number of fused-ring (bicyclic) bond motifs is 3. The highest BCUT2D eigenvalue weighted by atomic mass is 35.5. The van der Waals surface area contributed by atoms with E-state index in [2.05, 4.69) is 46.4 Å². The molecule has 96 heavy (non-hydrogen) atoms. The molecule has 9 aromatic rings. The number of carboxylic acid groups (broad SMARTS) is 2. The number of hydrogen-bond donors (Lipinski definition) is 13. The maximum absolute atomic E-state index is 13.4. The van der Waals surface area contributed by atoms with E-state index in [-0.39, 0.29) is 81.1 Å². The van der Waals surface area contributed by atoms with E-state index in [1.54, 1.807) is 32.5 Å². The number of H-pyrrole nitrogens is 1. The number of azo groups is 1. The van der Waals surface area contributed by atoms with Crippen LogP contribution in [0.4, 0.5) is 22.7 Å². The fourth-order valence-electron chi connectivity index (χ4n) is 9.74. The number of anilines is 2. The average molecular weight is 1410 g/mol. The van der Waals surface area contributed by atoms with Gasteiger partial charge in [-0.2, -0.15) is 10.2 Å². The topological polar surface area (TPSA) is 380 Å². The van der Waals surface area contributed by atoms with Crippen LogP contribution in [0.5, 0.6) is 34.5 Å². The summed E-state index contributed by atoms with van der Waals surface area (Å²) < 4.78 is 23.3. The predicted octanol–water partition coefficient (Wildman–Crippen LogP) is 11.6. The second kappa shape index (κ2) is 35.4. The summed E-state index contributed by atoms with van der Waals surface area (Å²) >= 11 is 24.3. The number of nitrogens with one attached hydrogen (secondary N) is 5. The number of carboxylic acids is 2. The van der Waals surface area contributed by atoms with Gasteiger partial charge in [0.05, 0.1) is 94.3 Å². The predicted molar refractivity (Wildman–Crippen MR) is 368 cm³/mol. The van der Waals surface area contributed by atoms with Crippen LogP contribution < -0.4 is 30.7 Å². The monoisotopic (exact) mass is 1410 g/mol. The van der Waals surface area contributed by atoms with E-state index in [4.69, 9.17) is 76.3 Å². The van der Waals surface area contributed by atoms with Gasteiger partial charge in [0.2, 0.25) is 11.6 Å². The molecule has 0 aliphatic heterocycles. The van der Waals surface area contributed by atoms with Crippen molar-refractivity contribution in [1.82, 2.24) is 25.6 Å². The van der Waals surface area contributed by atoms with Crippen molar-refractivity contribution in [3.05, 3.63) is 205 Å². The molecule has 1 aliphatic carbocycles. The maximum Gasteiger partial charge on any atom is 0.339 e. The number of aromatic carboxylic acids is 2. The number of aromatic hydroxyl groups is 4. The molecule has 0 fully saturated rings. The molecule has 7 aromatic carbocycles. The van der Waals surface area contributed by atoms with Gasteiger partial charge in [-0.3, -0.25) is 18.8 Å². The molecular weight excluding hydrogens is 1340 g/mol. The summed E-state index contributed by atoms with van der Waals surface area (Å²) in [5, 5.41) is 96.4. The lowest BCUT2D eigenvalue weighted by Gasteiger charge is -2.25. The first kappa shape index (κ1) is 74.0. The first-order chi connectivity index (χ1) is 46.0. The van der Waals surface area contributed by atoms with Crippen LogP contribution in [0.15, 0.2) is 149 Å². The second-order valence-corrected chi connectivity index (χ2v) is 24.2. The van der Waals surface area contributed by atoms with E-state index in [1.807, 2.05) is 80.6 Å². The SMILES string of the molecule is COc1ccc2nc(S(=O)Cc3ncc(C)c(OC)c3C)[nH]c2c1.Clc1ccc(C(c2ccccc2Cl)C(Cl)Cl)cc1.O=C(O)c1cc(N=Nc2ccc(O)c(C(=O)O)c2)ccc1O.O=C1c2c(O)ccc(O)c2C(=O)c2c(NCCNCCO)ccc(NCCNCCO)c21. The number of aromatic amines is 1. The number of halogens is 4. The van der Waals surface area contributed by atoms with E-state index < -0.39 is 50.6 Å². The van der Waals surface area contributed by atoms with Gasteiger partial charge in [0, 0.05) is 90.0 Å². The molecule has 0 radical (unpaired) electrons. The van der Waals surface area contributed by atoms with Crippen molar-refractivity contribution in [2.24, 2.45) is 10.2 Å². The number of nitrogens with zero attached hydrogens (tertiary/aromatic N) is 4. The Morgan fingerprint density at radius 1 is 0.635 bits per heavy atom. The third kappa shape index (κ3) is 19.0. The van der Waals surface area contributed by atoms with Crippen molar-refractivity contribution in [3.63, 3.8) is 0 Å². The summed E-state index contributed by atoms with van der Waals surface area (Å²) in [7, 11) is 1.91. The number of methoxy groups -OCH3 is 2. The minimum atomic E-state index is -1.33. The van der Waals surface area contributed by atoms with Crippen LogP contribution in [-0.4, -0.2) is 155 Å². The van der Waals surface area contributed by atoms with Crippen LogP contribution in [0.1, 0.15) is 86.4 Å². The molecule has 10 rings (SSSR count). The van der Waals surface area contributed by atoms with Crippen LogP contribution in [0.3, 0.4) is 0 Å². The number of aromatic nitrogens is 3. The third-order valence-corrected chi connectivity index (χ3v) is 16.7. The Balaban J connectivity index is 0.000000184. The van der Waals surface area contributed by atoms with Gasteiger partial charge in [-0.05, 0) is 116 Å². The van der Waals surface area contributed by atoms with Crippen molar-refractivity contribution in [3.8, 4) is 34.5 Å². The lowest BCUT2D eigenvalue weighted by atomic mass is 9.81. The van der Waals surface area contributed by atoms with Gasteiger partial charge in [-0.15, -0.1) is 23.2 Å². The maximum atomic E-state index is 13.4. The Morgan fingerprint density at radius 3 is 1.64 bits per heavy atom. The van der Waals surface area contributed by atoms with E-state index in [9.17, 15) is 43.8 Å². The molecule has 0 spiro atoms. The smallest absolute Gasteiger partial charge is 0.339 e. The molecule has 0 saturated carbocycles. The highest BCUT2D eigenvalue weighted by Gasteiger charge is 2.38. The molecule has 1 aliphatic rings. The number of alkyl halides is 2. The molecule has 504 valence electrons. The Bertz CT molecular complexity index is 4170. The van der Waals surface area contributed by atoms with Crippen LogP contribution in [-0.2, 0) is 16.6 Å². The zero-order chi connectivity index (χ0) is 69.8. The molecular formula is C67H67Cl4N9O15S. The Hall–Kier alpha value is -9.41. The summed E-state index contributed by atoms with van der Waals surface area (Å²) in [5.74, 6) is -3.66. The summed E-state index contributed by atoms with van der Waals surface area (Å²) in [6, 6.07) is 33.5. The van der Waals surface area contributed by atoms with Gasteiger partial charge in [-0.1, -0.05) is 53.5 Å². The molecule has 24 nitrogen and oxygen atoms in total. The Morgan fingerprint density at radius 2 is 1.16 bits per heavy atom. The molecule has 13 N–H and O–H groups in total. The zero-order valence-corrected chi connectivity index (χ0v) is 55.7. The number of ketones is 2. The highest BCUT2D eigenvalue weighted by Crippen LogP contribution is 2.43. The van der Waals surface area contributed by atoms with Gasteiger partial charge in [0.25, 0.3) is 0 Å². The highest BCUT2D eigenvalue weighted by molar-refractivity contribution is 7.84. The number of aliphatic hydroxyl groups excluding tert-OH is 2. The average Bonchev–Trinajstić information content (AvgIpc) is 0.848. The first-order valence-electron chi connectivity index (χ1n) is 29.2. The molecule has 2 aromatic heterocycles. The van der Waals surface area contributed by atoms with Crippen molar-refractivity contribution in [2.45, 2.75) is 35.5 Å². The largest absolute Gasteiger partial charge is 0.507 e. The zero-order valence-electron chi connectivity index (χ0n) is 51.9. The number of benzene rings is 7. The first-order valence-corrected chi connectivity index (χ1v) is 32.1. The molecule has 0 bridgehead atoms. The van der Waals surface area contributed by atoms with Gasteiger partial charge >= 0.3 is 11.9 Å². The number of hydrogen-bond acceptors (Lipinski definition) is 21. The number of aryl methyl sites for hydroxylation is 1. The number of carbonyl (C=O) groups excluding carboxylic acids is 2. The van der Waals surface area contributed by atoms with E-state index in [1.165, 1.54) is 24.3 Å². The number of pyridine rings is 1. The van der Waals surface area contributed by atoms with Crippen LogP contribution in [0.25, 0.3) is 11.0 Å². The Labute approximate surface area is 573 Å². The fraction of sp³-hybridized carbons (Fsp3) is 0.224. The van der Waals surface area contributed by atoms with Crippen molar-refractivity contribution < 1.29 is 73.7 Å². The molecule has 2 atom stereocenters. The van der Waals surface area contributed by atoms with E-state index >= 15 is 0 Å². The standard InChI is InChI=1S/C22H28N4O6.C17H19N3O3S.C14H10Cl4.C14H10N2O6/c27-11-9-23-5-7-25-13-1-2-14(26-8-6-24-10-12-28)18-17(13)21(31)19-15(29)3-4-16(30)20(19)22(18)32;1-10-8-18-15(11(2)16(10)23-4)9-24(21)17-19-13-6-5-12(22-3)7-14(13)20-17;15-10-7-5-9(6-8-10)13(14(17)18)11-3-1-2-4-12(11)16;17-11-3-1-7(5-9(11)13(19)20)15-16-8-2-4-12(18)10(6-8)14(21)22/h1-4,23-30H,5-12H2;5-8H,9H2,1-4H3,(H,19,20);1-8,13-14H;1-6,17-18H,(H,19,20)(H,21,22). The number of ether oxygens (including phenoxy) is 2. The normalized spacial score (nSPS) is 12.1. The van der Waals surface area contributed by atoms with E-state index in [0.717, 1.165) is 74.7 Å². The van der Waals surface area contributed by atoms with Crippen LogP contribution in [0.2, 0.25) is 10.0 Å². The van der Waals surface area contributed by atoms with Gasteiger partial charge < -0.3 is 76.6 Å². The molecule has 2 unspecified atom stereocenters. The molecule has 0 amide bonds. The Kier molecular flexibility index (Phi) is 27.3. The number of carbonyl (C=O) groups is 4. The number of phenolic OH excluding ortho intramolecular Hbond substituents is 2. The van der Waals surface area contributed by atoms with Crippen molar-refractivity contribution in [2.75, 3.05) is 77.3 Å². The quantitative estimate of drug-likeness (QED) is 0.0116. The van der Waals surface area contributed by atoms with Crippen LogP contribution >= 0.6 is 46.4 Å². The third-order valence-electron chi connectivity index (χ3n) is 14.4. The van der Waals surface area contributed by atoms with Gasteiger partial charge in [0.1, 0.15) is 50.5 Å². The molecule has 2 heterocycles. The number of imidazole rings is 1. The van der Waals surface area contributed by atoms with Crippen molar-refractivity contribution in [1.29, 1.82) is 0 Å². The van der Waals surface area contributed by atoms with E-state index in [0.29, 0.717) is 65.8 Å². The lowest BCUT2D eigenvalue weighted by Crippen LogP contribution is -2.28. The van der Waals surface area contributed by atoms with Gasteiger partial charge in [0.15, 0.2) is 5.16 Å². The number of aliphatic hydroxyl groups is 2. The lowest BCUT2D eigenvalue weighted by molar-refractivity contribution is 0.0682. The summed E-state index contributed by atoms with van der Waals surface area (Å²) in [6.07, 6.45) is 1.74. The minimum absolute atomic E-state index is 0.00939. The van der Waals surface area contributed by atoms with Crippen LogP contribution in [0, 0.1) is 13.8 Å².